The molecule has 6 heavy (non-hydrogen) atoms. The van der Waals surface area contributed by atoms with Crippen LogP contribution in [0.15, 0.2) is 0 Å². The van der Waals surface area contributed by atoms with Crippen LogP contribution in [0.5, 0.6) is 0 Å². The van der Waals surface area contributed by atoms with Crippen LogP contribution in [-0.2, 0) is 41.4 Å². The molecule has 0 aromatic heterocycles. The van der Waals surface area contributed by atoms with Gasteiger partial charge in [-0.05, 0) is 36.2 Å². The van der Waals surface area contributed by atoms with Gasteiger partial charge in [0.05, 0.1) is 0 Å². The first kappa shape index (κ1) is 7.18. The summed E-state index contributed by atoms with van der Waals surface area (Å²) in [5.74, 6) is 0. The van der Waals surface area contributed by atoms with Gasteiger partial charge >= 0.3 is 0 Å². The summed E-state index contributed by atoms with van der Waals surface area (Å²) in [6.07, 6.45) is 0. The summed E-state index contributed by atoms with van der Waals surface area (Å²) in [7, 11) is -0.321. The molecule has 0 aliphatic rings. The predicted octanol–water partition coefficient (Wildman–Crippen LogP) is 1.02. The topological polar surface area (TPSA) is 0 Å². The molecule has 1 unspecified atom stereocenters. The smallest absolute Gasteiger partial charge is 0.00814 e. The Kier molecular flexibility index (Phi) is 3.85. The molecule has 0 heterocycles. The van der Waals surface area contributed by atoms with Crippen molar-refractivity contribution < 1.29 is 0 Å². The van der Waals surface area contributed by atoms with Gasteiger partial charge in [-0.25, -0.2) is 0 Å². The minimum absolute atomic E-state index is 0.321. The lowest BCUT2D eigenvalue weighted by Crippen LogP contribution is -1.32. The van der Waals surface area contributed by atoms with Crippen LogP contribution < -0.4 is 0 Å². The van der Waals surface area contributed by atoms with Crippen LogP contribution in [-0.4, -0.2) is 6.66 Å². The molecule has 0 saturated carbocycles. The summed E-state index contributed by atoms with van der Waals surface area (Å²) in [5, 5.41) is 0. The molecule has 0 amide bonds. The van der Waals surface area contributed by atoms with Crippen molar-refractivity contribution >= 4 is 46.8 Å². The Morgan fingerprint density at radius 3 is 1.67 bits per heavy atom. The van der Waals surface area contributed by atoms with Crippen LogP contribution >= 0.6 is 5.47 Å². The molecule has 0 fully saturated rings. The second-order valence-electron chi connectivity index (χ2n) is 0.657. The molecule has 1 atom stereocenters. The van der Waals surface area contributed by atoms with Crippen LogP contribution in [0.4, 0.5) is 0 Å². The van der Waals surface area contributed by atoms with E-state index >= 15 is 0 Å². The van der Waals surface area contributed by atoms with Gasteiger partial charge in [-0.3, -0.25) is 0 Å². The van der Waals surface area contributed by atoms with Crippen molar-refractivity contribution in [3.8, 4) is 0 Å². The van der Waals surface area contributed by atoms with E-state index in [0.29, 0.717) is 0 Å². The van der Waals surface area contributed by atoms with Gasteiger partial charge in [-0.1, -0.05) is 11.8 Å². The van der Waals surface area contributed by atoms with Gasteiger partial charge in [0.2, 0.25) is 0 Å². The summed E-state index contributed by atoms with van der Waals surface area (Å²) < 4.78 is 0. The normalized spacial score (nSPS) is 10.5. The van der Waals surface area contributed by atoms with E-state index in [1.54, 1.807) is 0 Å². The molecule has 0 aromatic rings. The zero-order valence-electron chi connectivity index (χ0n) is 3.08. The third-order valence-corrected chi connectivity index (χ3v) is 8.95. The zero-order valence-corrected chi connectivity index (χ0v) is 7.24. The fourth-order valence-electron chi connectivity index (χ4n) is 0. The van der Waals surface area contributed by atoms with Crippen molar-refractivity contribution in [1.29, 1.82) is 0 Å². The molecule has 0 aromatic carbocycles. The van der Waals surface area contributed by atoms with E-state index in [-0.39, 0.29) is 7.19 Å². The van der Waals surface area contributed by atoms with Crippen LogP contribution in [0.1, 0.15) is 0 Å². The highest BCUT2D eigenvalue weighted by molar-refractivity contribution is 8.61. The van der Waals surface area contributed by atoms with Crippen LogP contribution in [0.3, 0.4) is 0 Å². The third kappa shape index (κ3) is 3.37. The summed E-state index contributed by atoms with van der Waals surface area (Å²) in [6.45, 7) is 1.92. The molecule has 0 radical (unpaired) electrons. The van der Waals surface area contributed by atoms with Crippen molar-refractivity contribution in [3.63, 3.8) is 0 Å². The highest BCUT2D eigenvalue weighted by Crippen LogP contribution is 1.94. The third-order valence-electron chi connectivity index (χ3n) is 0.210. The molecule has 5 heteroatoms. The average Bonchev–Trinajstić information content (AvgIpc) is 1.36. The number of rotatable bonds is 0. The van der Waals surface area contributed by atoms with Crippen molar-refractivity contribution in [2.75, 3.05) is 6.66 Å². The molecule has 0 aliphatic carbocycles. The molecular weight excluding hydrogens is 171 g/mol. The predicted molar refractivity (Wildman–Crippen MR) is 42.3 cm³/mol. The molecule has 0 rings (SSSR count). The van der Waals surface area contributed by atoms with E-state index in [2.05, 4.69) is 22.4 Å². The van der Waals surface area contributed by atoms with E-state index in [1.165, 1.54) is 0 Å². The van der Waals surface area contributed by atoms with Crippen LogP contribution in [0, 0.1) is 0 Å². The summed E-state index contributed by atoms with van der Waals surface area (Å²) >= 11 is 14.1. The van der Waals surface area contributed by atoms with Crippen LogP contribution in [0.2, 0.25) is 0 Å². The SMILES string of the molecule is CP(=S)=S(=S)=S. The molecular formula is CH3PS4. The van der Waals surface area contributed by atoms with E-state index in [4.69, 9.17) is 11.8 Å². The van der Waals surface area contributed by atoms with Gasteiger partial charge in [0.15, 0.2) is 0 Å². The van der Waals surface area contributed by atoms with Crippen molar-refractivity contribution in [1.82, 2.24) is 0 Å². The first-order valence-corrected chi connectivity index (χ1v) is 7.63. The second kappa shape index (κ2) is 3.22. The molecule has 0 aliphatic heterocycles. The summed E-state index contributed by atoms with van der Waals surface area (Å²) in [5.41, 5.74) is -0.419. The first-order valence-electron chi connectivity index (χ1n) is 1.15. The Labute approximate surface area is 53.5 Å². The van der Waals surface area contributed by atoms with Gasteiger partial charge in [0, 0.05) is 5.47 Å². The second-order valence-corrected chi connectivity index (χ2v) is 11.2. The molecule has 0 nitrogen and oxygen atoms in total. The summed E-state index contributed by atoms with van der Waals surface area (Å²) in [4.78, 5) is 0. The Bertz CT molecular complexity index is 182. The standard InChI is InChI=1S/CH3PS4/c1-2(3)6(4)5/h1H3. The first-order chi connectivity index (χ1) is 2.64. The van der Waals surface area contributed by atoms with E-state index in [1.807, 2.05) is 6.66 Å². The Hall–Kier alpha value is 1.18. The largest absolute Gasteiger partial charge is 0.0510 e. The van der Waals surface area contributed by atoms with Gasteiger partial charge in [0.1, 0.15) is 0 Å². The highest BCUT2D eigenvalue weighted by Gasteiger charge is 1.53. The van der Waals surface area contributed by atoms with Gasteiger partial charge < -0.3 is 0 Å². The Morgan fingerprint density at radius 2 is 1.67 bits per heavy atom. The zero-order chi connectivity index (χ0) is 5.15. The lowest BCUT2D eigenvalue weighted by Gasteiger charge is -1.55. The van der Waals surface area contributed by atoms with Crippen molar-refractivity contribution in [3.05, 3.63) is 0 Å². The Morgan fingerprint density at radius 1 is 1.50 bits per heavy atom. The Balaban J connectivity index is 5.20. The van der Waals surface area contributed by atoms with Gasteiger partial charge in [-0.15, -0.1) is 0 Å². The fourth-order valence-corrected chi connectivity index (χ4v) is 0. The van der Waals surface area contributed by atoms with Crippen molar-refractivity contribution in [2.24, 2.45) is 0 Å². The van der Waals surface area contributed by atoms with Gasteiger partial charge in [0.25, 0.3) is 0 Å². The molecule has 0 N–H and O–H groups in total. The molecule has 0 spiro atoms. The minimum Gasteiger partial charge on any atom is -0.0510 e. The van der Waals surface area contributed by atoms with Gasteiger partial charge in [-0.2, -0.15) is 0 Å². The highest BCUT2D eigenvalue weighted by atomic mass is 33.2. The molecule has 0 saturated heterocycles. The average molecular weight is 174 g/mol. The number of hydrogen-bond donors (Lipinski definition) is 0. The minimum atomic E-state index is -0.419. The monoisotopic (exact) mass is 174 g/mol. The van der Waals surface area contributed by atoms with E-state index in [0.717, 1.165) is 0 Å². The van der Waals surface area contributed by atoms with Crippen molar-refractivity contribution in [2.45, 2.75) is 0 Å². The quantitative estimate of drug-likeness (QED) is 0.503. The fraction of sp³-hybridized carbons (Fsp3) is 1.00. The van der Waals surface area contributed by atoms with E-state index < -0.39 is 5.47 Å². The maximum absolute atomic E-state index is 4.77. The summed E-state index contributed by atoms with van der Waals surface area (Å²) in [6, 6.07) is 0. The maximum atomic E-state index is 4.77. The number of hydrogen-bond acceptors (Lipinski definition) is 3. The maximum Gasteiger partial charge on any atom is 0.00814 e. The molecule has 0 bridgehead atoms. The lowest BCUT2D eigenvalue weighted by molar-refractivity contribution is 2.51. The van der Waals surface area contributed by atoms with E-state index in [9.17, 15) is 0 Å². The lowest BCUT2D eigenvalue weighted by atomic mass is 12.0. The van der Waals surface area contributed by atoms with Crippen LogP contribution in [0.25, 0.3) is 0 Å². The molecule has 36 valence electrons.